The largest absolute Gasteiger partial charge is 0.276 e. The highest BCUT2D eigenvalue weighted by atomic mass is 15.1. The number of pyridine rings is 1. The molecule has 2 rings (SSSR count). The van der Waals surface area contributed by atoms with Crippen molar-refractivity contribution in [2.24, 2.45) is 0 Å². The topological polar surface area (TPSA) is 41.6 Å². The molecule has 0 aliphatic carbocycles. The monoisotopic (exact) mass is 201 g/mol. The van der Waals surface area contributed by atoms with Crippen LogP contribution in [0.3, 0.4) is 0 Å². The normalized spacial score (nSPS) is 10.9. The van der Waals surface area contributed by atoms with Gasteiger partial charge in [0.25, 0.3) is 0 Å². The summed E-state index contributed by atoms with van der Waals surface area (Å²) in [5.41, 5.74) is 4.34. The van der Waals surface area contributed by atoms with E-state index in [-0.39, 0.29) is 0 Å². The highest BCUT2D eigenvalue weighted by Crippen LogP contribution is 2.20. The van der Waals surface area contributed by atoms with Crippen molar-refractivity contribution in [1.82, 2.24) is 15.2 Å². The van der Waals surface area contributed by atoms with Crippen molar-refractivity contribution in [3.8, 4) is 11.4 Å². The number of aromatic nitrogens is 3. The molecule has 2 aromatic rings. The van der Waals surface area contributed by atoms with Gasteiger partial charge in [-0.1, -0.05) is 19.9 Å². The van der Waals surface area contributed by atoms with Crippen LogP contribution in [0.2, 0.25) is 0 Å². The van der Waals surface area contributed by atoms with Crippen LogP contribution in [0.4, 0.5) is 0 Å². The van der Waals surface area contributed by atoms with Crippen LogP contribution in [0.25, 0.3) is 11.4 Å². The standard InChI is InChI=1S/C12H15N3/c1-8(2)10-4-5-11(13-7-10)12-9(3)6-14-15-12/h4-8H,1-3H3,(H,14,15). The molecule has 2 heterocycles. The van der Waals surface area contributed by atoms with Crippen LogP contribution in [-0.4, -0.2) is 15.2 Å². The van der Waals surface area contributed by atoms with Gasteiger partial charge in [-0.25, -0.2) is 0 Å². The van der Waals surface area contributed by atoms with Gasteiger partial charge in [-0.2, -0.15) is 5.10 Å². The molecule has 0 saturated heterocycles. The van der Waals surface area contributed by atoms with Gasteiger partial charge in [-0.15, -0.1) is 0 Å². The van der Waals surface area contributed by atoms with E-state index in [9.17, 15) is 0 Å². The van der Waals surface area contributed by atoms with Crippen LogP contribution in [0.1, 0.15) is 30.9 Å². The smallest absolute Gasteiger partial charge is 0.0883 e. The van der Waals surface area contributed by atoms with Crippen LogP contribution in [0.5, 0.6) is 0 Å². The number of nitrogens with zero attached hydrogens (tertiary/aromatic N) is 2. The lowest BCUT2D eigenvalue weighted by Gasteiger charge is -2.05. The minimum absolute atomic E-state index is 0.523. The maximum Gasteiger partial charge on any atom is 0.0883 e. The first-order valence-electron chi connectivity index (χ1n) is 5.15. The molecule has 0 fully saturated rings. The molecule has 0 atom stereocenters. The Bertz CT molecular complexity index is 440. The van der Waals surface area contributed by atoms with Gasteiger partial charge in [0.15, 0.2) is 0 Å². The number of hydrogen-bond donors (Lipinski definition) is 1. The lowest BCUT2D eigenvalue weighted by Crippen LogP contribution is -1.91. The van der Waals surface area contributed by atoms with Crippen LogP contribution in [-0.2, 0) is 0 Å². The first-order valence-corrected chi connectivity index (χ1v) is 5.15. The van der Waals surface area contributed by atoms with Crippen LogP contribution in [0.15, 0.2) is 24.5 Å². The van der Waals surface area contributed by atoms with Crippen molar-refractivity contribution in [1.29, 1.82) is 0 Å². The molecular weight excluding hydrogens is 186 g/mol. The summed E-state index contributed by atoms with van der Waals surface area (Å²) in [5.74, 6) is 0.523. The van der Waals surface area contributed by atoms with E-state index in [4.69, 9.17) is 0 Å². The molecule has 3 heteroatoms. The maximum atomic E-state index is 4.43. The van der Waals surface area contributed by atoms with E-state index in [1.807, 2.05) is 25.4 Å². The number of hydrogen-bond acceptors (Lipinski definition) is 2. The Hall–Kier alpha value is -1.64. The van der Waals surface area contributed by atoms with Gasteiger partial charge < -0.3 is 0 Å². The highest BCUT2D eigenvalue weighted by Gasteiger charge is 2.05. The predicted octanol–water partition coefficient (Wildman–Crippen LogP) is 2.90. The molecule has 3 nitrogen and oxygen atoms in total. The van der Waals surface area contributed by atoms with Gasteiger partial charge in [0.1, 0.15) is 0 Å². The Labute approximate surface area is 89.6 Å². The minimum atomic E-state index is 0.523. The van der Waals surface area contributed by atoms with Gasteiger partial charge in [0.05, 0.1) is 17.6 Å². The van der Waals surface area contributed by atoms with Crippen LogP contribution in [0, 0.1) is 6.92 Å². The predicted molar refractivity (Wildman–Crippen MR) is 60.6 cm³/mol. The third-order valence-electron chi connectivity index (χ3n) is 2.54. The van der Waals surface area contributed by atoms with Gasteiger partial charge in [-0.3, -0.25) is 10.1 Å². The molecule has 0 spiro atoms. The van der Waals surface area contributed by atoms with Gasteiger partial charge in [-0.05, 0) is 30.0 Å². The lowest BCUT2D eigenvalue weighted by atomic mass is 10.1. The number of nitrogens with one attached hydrogen (secondary N) is 1. The summed E-state index contributed by atoms with van der Waals surface area (Å²) in [6.07, 6.45) is 3.74. The van der Waals surface area contributed by atoms with E-state index in [0.29, 0.717) is 5.92 Å². The SMILES string of the molecule is Cc1cn[nH]c1-c1ccc(C(C)C)cn1. The fourth-order valence-corrected chi connectivity index (χ4v) is 1.50. The van der Waals surface area contributed by atoms with Crippen molar-refractivity contribution in [3.05, 3.63) is 35.7 Å². The second-order valence-corrected chi connectivity index (χ2v) is 4.06. The van der Waals surface area contributed by atoms with E-state index >= 15 is 0 Å². The Morgan fingerprint density at radius 3 is 2.47 bits per heavy atom. The summed E-state index contributed by atoms with van der Waals surface area (Å²) in [4.78, 5) is 4.43. The number of rotatable bonds is 2. The fourth-order valence-electron chi connectivity index (χ4n) is 1.50. The molecule has 0 saturated carbocycles. The van der Waals surface area contributed by atoms with E-state index in [1.54, 1.807) is 0 Å². The summed E-state index contributed by atoms with van der Waals surface area (Å²) < 4.78 is 0. The van der Waals surface area contributed by atoms with Crippen molar-refractivity contribution < 1.29 is 0 Å². The third-order valence-corrected chi connectivity index (χ3v) is 2.54. The number of aromatic amines is 1. The second-order valence-electron chi connectivity index (χ2n) is 4.06. The zero-order valence-electron chi connectivity index (χ0n) is 9.28. The molecular formula is C12H15N3. The molecule has 0 amide bonds. The summed E-state index contributed by atoms with van der Waals surface area (Å²) in [6.45, 7) is 6.35. The Balaban J connectivity index is 2.36. The van der Waals surface area contributed by atoms with Gasteiger partial charge >= 0.3 is 0 Å². The van der Waals surface area contributed by atoms with E-state index < -0.39 is 0 Å². The minimum Gasteiger partial charge on any atom is -0.276 e. The average Bonchev–Trinajstić information content (AvgIpc) is 2.65. The number of aryl methyl sites for hydroxylation is 1. The van der Waals surface area contributed by atoms with Crippen molar-refractivity contribution in [2.75, 3.05) is 0 Å². The van der Waals surface area contributed by atoms with Crippen LogP contribution >= 0.6 is 0 Å². The average molecular weight is 201 g/mol. The third kappa shape index (κ3) is 1.91. The molecule has 0 aromatic carbocycles. The van der Waals surface area contributed by atoms with E-state index in [2.05, 4.69) is 35.1 Å². The molecule has 0 unspecified atom stereocenters. The Morgan fingerprint density at radius 2 is 2.00 bits per heavy atom. The maximum absolute atomic E-state index is 4.43. The molecule has 0 radical (unpaired) electrons. The van der Waals surface area contributed by atoms with Crippen molar-refractivity contribution >= 4 is 0 Å². The molecule has 78 valence electrons. The number of H-pyrrole nitrogens is 1. The highest BCUT2D eigenvalue weighted by molar-refractivity contribution is 5.57. The molecule has 15 heavy (non-hydrogen) atoms. The molecule has 1 N–H and O–H groups in total. The second kappa shape index (κ2) is 3.85. The Morgan fingerprint density at radius 1 is 1.20 bits per heavy atom. The molecule has 0 bridgehead atoms. The van der Waals surface area contributed by atoms with Crippen molar-refractivity contribution in [2.45, 2.75) is 26.7 Å². The molecule has 2 aromatic heterocycles. The summed E-state index contributed by atoms with van der Waals surface area (Å²) in [6, 6.07) is 4.16. The van der Waals surface area contributed by atoms with Gasteiger partial charge in [0.2, 0.25) is 0 Å². The summed E-state index contributed by atoms with van der Waals surface area (Å²) in [5, 5.41) is 6.95. The first-order chi connectivity index (χ1) is 7.18. The Kier molecular flexibility index (Phi) is 2.54. The summed E-state index contributed by atoms with van der Waals surface area (Å²) in [7, 11) is 0. The van der Waals surface area contributed by atoms with Crippen LogP contribution < -0.4 is 0 Å². The molecule has 0 aliphatic heterocycles. The van der Waals surface area contributed by atoms with E-state index in [0.717, 1.165) is 17.0 Å². The van der Waals surface area contributed by atoms with E-state index in [1.165, 1.54) is 5.56 Å². The lowest BCUT2D eigenvalue weighted by molar-refractivity contribution is 0.858. The first kappa shape index (κ1) is 9.90. The zero-order valence-corrected chi connectivity index (χ0v) is 9.28. The quantitative estimate of drug-likeness (QED) is 0.811. The summed E-state index contributed by atoms with van der Waals surface area (Å²) >= 11 is 0. The zero-order chi connectivity index (χ0) is 10.8. The molecule has 0 aliphatic rings. The van der Waals surface area contributed by atoms with Crippen molar-refractivity contribution in [3.63, 3.8) is 0 Å². The van der Waals surface area contributed by atoms with Gasteiger partial charge in [0, 0.05) is 6.20 Å². The fraction of sp³-hybridized carbons (Fsp3) is 0.333.